The fourth-order valence-corrected chi connectivity index (χ4v) is 7.37. The summed E-state index contributed by atoms with van der Waals surface area (Å²) in [6.45, 7) is 15.7. The van der Waals surface area contributed by atoms with Gasteiger partial charge in [0.2, 0.25) is 12.3 Å². The van der Waals surface area contributed by atoms with Crippen molar-refractivity contribution in [1.82, 2.24) is 40.6 Å². The van der Waals surface area contributed by atoms with E-state index in [1.54, 1.807) is 13.4 Å². The third kappa shape index (κ3) is 15.6. The standard InChI is InChI=1S/C33H34N6O3.C7H14O.C5H12N2O.C2H4O2.C2H6/c1-20(2)30(38-33(41)42-3)32(40)39-14-4-5-29(39)31-35-18-28(37-31)26-13-12-24-15-23(10-11-25(24)16-26)21-6-8-22(9-7-21)27-17-34-19-36-27;1-6-2-4-7(8)5-3-6;1-5(2)7(4-8)6-3;1-2(3)4;1-2/h6-13,15-20,29-30H,4-5,14H2,1-3H3,(H,34,36)(H,35,37)(H,38,41);6-8H,2-5H2,1H3;4-6H,1-3H3;1H3,(H,3,4);1-2H3. The number of nitrogens with zero attached hydrogens (tertiary/aromatic N) is 4. The number of carbonyl (C=O) groups excluding carboxylic acids is 3. The van der Waals surface area contributed by atoms with Crippen LogP contribution in [0.15, 0.2) is 79.4 Å². The highest BCUT2D eigenvalue weighted by Gasteiger charge is 2.37. The van der Waals surface area contributed by atoms with E-state index in [1.807, 2.05) is 58.8 Å². The lowest BCUT2D eigenvalue weighted by atomic mass is 9.89. The quantitative estimate of drug-likeness (QED) is 0.0580. The number of aliphatic carboxylic acids is 1. The van der Waals surface area contributed by atoms with Gasteiger partial charge in [0.25, 0.3) is 5.97 Å². The van der Waals surface area contributed by atoms with Crippen molar-refractivity contribution in [1.29, 1.82) is 0 Å². The lowest BCUT2D eigenvalue weighted by molar-refractivity contribution is -0.136. The molecule has 6 N–H and O–H groups in total. The summed E-state index contributed by atoms with van der Waals surface area (Å²) in [7, 11) is 3.02. The maximum absolute atomic E-state index is 13.5. The molecule has 5 aromatic rings. The SMILES string of the molecule is CC.CC(=O)O.CC1CCC(O)CC1.CNN(C=O)C(C)C.COC(=O)NC(C(=O)N1CCCC1c1ncc(-c2ccc3cc(-c4ccc(-c5cnc[nH]5)cc4)ccc3c2)[nH]1)C(C)C. The number of ether oxygens (including phenoxy) is 1. The van der Waals surface area contributed by atoms with Crippen LogP contribution in [0.25, 0.3) is 44.4 Å². The van der Waals surface area contributed by atoms with Gasteiger partial charge < -0.3 is 35.1 Å². The Morgan fingerprint density at radius 1 is 0.875 bits per heavy atom. The molecule has 348 valence electrons. The molecule has 2 unspecified atom stereocenters. The van der Waals surface area contributed by atoms with Gasteiger partial charge in [-0.05, 0) is 104 Å². The summed E-state index contributed by atoms with van der Waals surface area (Å²) < 4.78 is 4.74. The molecule has 7 rings (SSSR count). The Balaban J connectivity index is 0.000000408. The topological polar surface area (TPSA) is 206 Å². The number of amides is 3. The van der Waals surface area contributed by atoms with Crippen molar-refractivity contribution in [3.05, 3.63) is 85.2 Å². The average molecular weight is 883 g/mol. The van der Waals surface area contributed by atoms with Gasteiger partial charge in [-0.3, -0.25) is 19.4 Å². The van der Waals surface area contributed by atoms with Crippen LogP contribution in [0.4, 0.5) is 4.79 Å². The number of methoxy groups -OCH3 is 1. The minimum atomic E-state index is -0.833. The van der Waals surface area contributed by atoms with E-state index in [2.05, 4.69) is 98.3 Å². The van der Waals surface area contributed by atoms with Crippen LogP contribution in [-0.4, -0.2) is 103 Å². The summed E-state index contributed by atoms with van der Waals surface area (Å²) in [5.74, 6) is 0.585. The number of aliphatic hydroxyl groups is 1. The molecule has 15 nitrogen and oxygen atoms in total. The zero-order valence-electron chi connectivity index (χ0n) is 39.2. The zero-order valence-corrected chi connectivity index (χ0v) is 39.2. The number of aliphatic hydroxyl groups excluding tert-OH is 1. The number of carboxylic acid groups (broad SMARTS) is 1. The number of hydrogen-bond acceptors (Lipinski definition) is 9. The number of alkyl carbamates (subject to hydrolysis) is 1. The van der Waals surface area contributed by atoms with Gasteiger partial charge in [-0.2, -0.15) is 0 Å². The molecule has 2 aliphatic rings. The minimum absolute atomic E-state index is 0.0196. The highest BCUT2D eigenvalue weighted by Crippen LogP contribution is 2.34. The summed E-state index contributed by atoms with van der Waals surface area (Å²) in [4.78, 5) is 61.6. The second-order valence-corrected chi connectivity index (χ2v) is 16.3. The highest BCUT2D eigenvalue weighted by atomic mass is 16.5. The zero-order chi connectivity index (χ0) is 47.3. The van der Waals surface area contributed by atoms with Crippen molar-refractivity contribution in [2.75, 3.05) is 20.7 Å². The predicted molar refractivity (Wildman–Crippen MR) is 253 cm³/mol. The van der Waals surface area contributed by atoms with Gasteiger partial charge in [0.05, 0.1) is 49.4 Å². The second-order valence-electron chi connectivity index (χ2n) is 16.3. The molecule has 1 aliphatic carbocycles. The molecule has 0 radical (unpaired) electrons. The molecule has 3 heterocycles. The molecular weight excluding hydrogens is 813 g/mol. The summed E-state index contributed by atoms with van der Waals surface area (Å²) >= 11 is 0. The first-order chi connectivity index (χ1) is 30.6. The third-order valence-electron chi connectivity index (χ3n) is 10.9. The number of H-pyrrole nitrogens is 2. The molecule has 2 fully saturated rings. The van der Waals surface area contributed by atoms with E-state index in [0.29, 0.717) is 6.54 Å². The molecule has 0 spiro atoms. The second kappa shape index (κ2) is 26.5. The molecular formula is C49H70N8O7. The van der Waals surface area contributed by atoms with Gasteiger partial charge in [-0.15, -0.1) is 0 Å². The average Bonchev–Trinajstić information content (AvgIpc) is 4.11. The molecule has 1 saturated heterocycles. The Bertz CT molecular complexity index is 2150. The van der Waals surface area contributed by atoms with Crippen molar-refractivity contribution >= 4 is 35.2 Å². The number of hydrazine groups is 1. The summed E-state index contributed by atoms with van der Waals surface area (Å²) in [5.41, 5.74) is 9.05. The van der Waals surface area contributed by atoms with E-state index >= 15 is 0 Å². The Morgan fingerprint density at radius 3 is 1.95 bits per heavy atom. The Kier molecular flexibility index (Phi) is 21.7. The number of rotatable bonds is 10. The minimum Gasteiger partial charge on any atom is -0.481 e. The fraction of sp³-hybridized carbons (Fsp3) is 0.469. The molecule has 2 aromatic heterocycles. The smallest absolute Gasteiger partial charge is 0.407 e. The maximum atomic E-state index is 13.5. The fourth-order valence-electron chi connectivity index (χ4n) is 7.37. The van der Waals surface area contributed by atoms with Crippen LogP contribution in [0.5, 0.6) is 0 Å². The van der Waals surface area contributed by atoms with Crippen molar-refractivity contribution in [2.24, 2.45) is 11.8 Å². The summed E-state index contributed by atoms with van der Waals surface area (Å²) in [5, 5.41) is 22.9. The molecule has 3 amide bonds. The van der Waals surface area contributed by atoms with Crippen LogP contribution in [0.2, 0.25) is 0 Å². The van der Waals surface area contributed by atoms with Crippen LogP contribution in [-0.2, 0) is 19.1 Å². The van der Waals surface area contributed by atoms with E-state index in [9.17, 15) is 14.4 Å². The maximum Gasteiger partial charge on any atom is 0.407 e. The molecule has 0 bridgehead atoms. The van der Waals surface area contributed by atoms with Crippen LogP contribution in [0, 0.1) is 11.8 Å². The number of aromatic amines is 2. The van der Waals surface area contributed by atoms with Crippen LogP contribution in [0.3, 0.4) is 0 Å². The number of nitrogens with one attached hydrogen (secondary N) is 4. The van der Waals surface area contributed by atoms with E-state index in [0.717, 1.165) is 95.2 Å². The van der Waals surface area contributed by atoms with Crippen molar-refractivity contribution in [3.8, 4) is 33.6 Å². The molecule has 3 aromatic carbocycles. The first-order valence-electron chi connectivity index (χ1n) is 22.3. The van der Waals surface area contributed by atoms with Gasteiger partial charge >= 0.3 is 6.09 Å². The number of fused-ring (bicyclic) bond motifs is 1. The van der Waals surface area contributed by atoms with Crippen molar-refractivity contribution < 1.29 is 34.1 Å². The normalized spacial score (nSPS) is 17.0. The predicted octanol–water partition coefficient (Wildman–Crippen LogP) is 8.99. The number of benzene rings is 3. The molecule has 1 aliphatic heterocycles. The molecule has 2 atom stereocenters. The summed E-state index contributed by atoms with van der Waals surface area (Å²) in [6, 6.07) is 20.7. The number of carboxylic acids is 1. The number of likely N-dealkylation sites (tertiary alicyclic amines) is 1. The first-order valence-corrected chi connectivity index (χ1v) is 22.3. The number of aromatic nitrogens is 4. The van der Waals surface area contributed by atoms with Gasteiger partial charge in [0, 0.05) is 32.1 Å². The van der Waals surface area contributed by atoms with E-state index in [1.165, 1.54) is 25.0 Å². The van der Waals surface area contributed by atoms with E-state index < -0.39 is 18.1 Å². The Hall–Kier alpha value is -6.06. The van der Waals surface area contributed by atoms with Crippen molar-refractivity contribution in [2.45, 2.75) is 118 Å². The van der Waals surface area contributed by atoms with Gasteiger partial charge in [-0.1, -0.05) is 83.1 Å². The van der Waals surface area contributed by atoms with Crippen LogP contribution < -0.4 is 10.7 Å². The highest BCUT2D eigenvalue weighted by molar-refractivity contribution is 5.91. The monoisotopic (exact) mass is 883 g/mol. The molecule has 15 heteroatoms. The van der Waals surface area contributed by atoms with Crippen LogP contribution in [0.1, 0.15) is 106 Å². The van der Waals surface area contributed by atoms with Gasteiger partial charge in [0.1, 0.15) is 11.9 Å². The lowest BCUT2D eigenvalue weighted by Crippen LogP contribution is -2.51. The van der Waals surface area contributed by atoms with Gasteiger partial charge in [-0.25, -0.2) is 20.2 Å². The number of imidazole rings is 2. The molecule has 64 heavy (non-hydrogen) atoms. The van der Waals surface area contributed by atoms with Crippen molar-refractivity contribution in [3.63, 3.8) is 0 Å². The van der Waals surface area contributed by atoms with Crippen LogP contribution >= 0.6 is 0 Å². The van der Waals surface area contributed by atoms with Gasteiger partial charge in [0.15, 0.2) is 0 Å². The third-order valence-corrected chi connectivity index (χ3v) is 10.9. The van der Waals surface area contributed by atoms with E-state index in [4.69, 9.17) is 19.7 Å². The molecule has 1 saturated carbocycles. The Morgan fingerprint density at radius 2 is 1.45 bits per heavy atom. The first kappa shape index (κ1) is 52.3. The largest absolute Gasteiger partial charge is 0.481 e. The Labute approximate surface area is 378 Å². The summed E-state index contributed by atoms with van der Waals surface area (Å²) in [6.07, 6.45) is 11.7. The van der Waals surface area contributed by atoms with E-state index in [-0.39, 0.29) is 30.0 Å². The number of carbonyl (C=O) groups is 4. The lowest BCUT2D eigenvalue weighted by Gasteiger charge is -2.30. The number of hydrogen-bond donors (Lipinski definition) is 6.